The molecule has 2 heterocycles. The first-order valence-corrected chi connectivity index (χ1v) is 17.4. The maximum absolute atomic E-state index is 14.6. The standard InChI is InChI=1S/C37H44N6O4S/c1-5-7-17-41(18-8-6-2)37(46)33-19-26(4)43(38-33)34-16-15-30(40-48-35-22-29(39-47)14-13-25(35)3)21-32(34)36(45)42-23-28-12-10-9-11-27(28)20-31(42)24-44/h9-16,19,21-22,31,40,44H,5-8,17-18,20,23-24H2,1-4H3/t31-/m0/s1. The van der Waals surface area contributed by atoms with Crippen molar-refractivity contribution in [3.8, 4) is 5.69 Å². The number of aliphatic hydroxyl groups excluding tert-OH is 1. The Bertz CT molecular complexity index is 1760. The monoisotopic (exact) mass is 668 g/mol. The fourth-order valence-electron chi connectivity index (χ4n) is 5.97. The van der Waals surface area contributed by atoms with E-state index in [1.54, 1.807) is 33.8 Å². The van der Waals surface area contributed by atoms with E-state index >= 15 is 0 Å². The Morgan fingerprint density at radius 1 is 1.00 bits per heavy atom. The number of anilines is 1. The zero-order chi connectivity index (χ0) is 34.2. The van der Waals surface area contributed by atoms with Crippen LogP contribution in [-0.2, 0) is 13.0 Å². The Morgan fingerprint density at radius 3 is 2.42 bits per heavy atom. The van der Waals surface area contributed by atoms with Gasteiger partial charge in [0.15, 0.2) is 5.69 Å². The largest absolute Gasteiger partial charge is 0.394 e. The second-order valence-corrected chi connectivity index (χ2v) is 13.1. The number of carbonyl (C=O) groups is 2. The first kappa shape index (κ1) is 34.8. The molecular formula is C37H44N6O4S. The summed E-state index contributed by atoms with van der Waals surface area (Å²) in [6, 6.07) is 20.1. The SMILES string of the molecule is CCCCN(CCCC)C(=O)c1cc(C)n(-c2ccc(NSc3cc(N=O)ccc3C)cc2C(=O)N2Cc3ccccc3C[C@H]2CO)n1. The van der Waals surface area contributed by atoms with Crippen LogP contribution in [0.15, 0.2) is 76.8 Å². The number of hydrogen-bond donors (Lipinski definition) is 2. The van der Waals surface area contributed by atoms with E-state index in [-0.39, 0.29) is 18.4 Å². The first-order chi connectivity index (χ1) is 23.3. The molecule has 0 spiro atoms. The fraction of sp³-hybridized carbons (Fsp3) is 0.378. The Morgan fingerprint density at radius 2 is 1.73 bits per heavy atom. The van der Waals surface area contributed by atoms with Crippen LogP contribution < -0.4 is 4.72 Å². The van der Waals surface area contributed by atoms with Crippen molar-refractivity contribution in [2.45, 2.75) is 77.3 Å². The molecule has 1 atom stereocenters. The number of nitroso groups, excluding NO2 is 1. The number of fused-ring (bicyclic) bond motifs is 1. The van der Waals surface area contributed by atoms with Crippen LogP contribution in [0.4, 0.5) is 11.4 Å². The van der Waals surface area contributed by atoms with E-state index < -0.39 is 6.04 Å². The third kappa shape index (κ3) is 7.79. The molecule has 1 aromatic heterocycles. The van der Waals surface area contributed by atoms with Gasteiger partial charge in [0, 0.05) is 35.9 Å². The minimum atomic E-state index is -0.394. The summed E-state index contributed by atoms with van der Waals surface area (Å²) in [6.45, 7) is 9.59. The molecule has 4 aromatic rings. The number of unbranched alkanes of at least 4 members (excludes halogenated alkanes) is 2. The fourth-order valence-corrected chi connectivity index (χ4v) is 6.73. The molecule has 0 bridgehead atoms. The van der Waals surface area contributed by atoms with E-state index in [9.17, 15) is 19.6 Å². The normalized spacial score (nSPS) is 14.0. The van der Waals surface area contributed by atoms with Crippen molar-refractivity contribution in [1.29, 1.82) is 0 Å². The van der Waals surface area contributed by atoms with Gasteiger partial charge in [0.2, 0.25) is 0 Å². The number of carbonyl (C=O) groups excluding carboxylic acids is 2. The molecular weight excluding hydrogens is 625 g/mol. The number of aryl methyl sites for hydroxylation is 2. The van der Waals surface area contributed by atoms with Gasteiger partial charge < -0.3 is 19.6 Å². The van der Waals surface area contributed by atoms with E-state index in [2.05, 4.69) is 23.7 Å². The molecule has 252 valence electrons. The minimum Gasteiger partial charge on any atom is -0.394 e. The van der Waals surface area contributed by atoms with Gasteiger partial charge in [-0.2, -0.15) is 5.10 Å². The lowest BCUT2D eigenvalue weighted by atomic mass is 9.93. The van der Waals surface area contributed by atoms with E-state index in [4.69, 9.17) is 5.10 Å². The van der Waals surface area contributed by atoms with E-state index in [1.165, 1.54) is 11.9 Å². The molecule has 0 radical (unpaired) electrons. The lowest BCUT2D eigenvalue weighted by Gasteiger charge is -2.36. The first-order valence-electron chi connectivity index (χ1n) is 16.6. The zero-order valence-corrected chi connectivity index (χ0v) is 28.9. The van der Waals surface area contributed by atoms with Crippen molar-refractivity contribution in [1.82, 2.24) is 19.6 Å². The van der Waals surface area contributed by atoms with Gasteiger partial charge in [-0.15, -0.1) is 4.91 Å². The van der Waals surface area contributed by atoms with Crippen LogP contribution in [0.2, 0.25) is 0 Å². The van der Waals surface area contributed by atoms with E-state index in [1.807, 2.05) is 61.2 Å². The van der Waals surface area contributed by atoms with Gasteiger partial charge in [0.1, 0.15) is 5.69 Å². The molecule has 10 nitrogen and oxygen atoms in total. The Kier molecular flexibility index (Phi) is 11.7. The number of benzene rings is 3. The third-order valence-electron chi connectivity index (χ3n) is 8.80. The lowest BCUT2D eigenvalue weighted by Crippen LogP contribution is -2.46. The maximum Gasteiger partial charge on any atom is 0.274 e. The van der Waals surface area contributed by atoms with E-state index in [0.717, 1.165) is 53.0 Å². The molecule has 3 aromatic carbocycles. The number of amides is 2. The molecule has 0 unspecified atom stereocenters. The molecule has 1 aliphatic rings. The summed E-state index contributed by atoms with van der Waals surface area (Å²) in [4.78, 5) is 43.8. The molecule has 0 fully saturated rings. The van der Waals surface area contributed by atoms with Crippen molar-refractivity contribution >= 4 is 35.1 Å². The van der Waals surface area contributed by atoms with Gasteiger partial charge in [-0.3, -0.25) is 9.59 Å². The second-order valence-electron chi connectivity index (χ2n) is 12.3. The molecule has 1 aliphatic heterocycles. The highest BCUT2D eigenvalue weighted by Crippen LogP contribution is 2.32. The number of nitrogens with one attached hydrogen (secondary N) is 1. The maximum atomic E-state index is 14.6. The minimum absolute atomic E-state index is 0.114. The third-order valence-corrected chi connectivity index (χ3v) is 9.79. The smallest absolute Gasteiger partial charge is 0.274 e. The Hall–Kier alpha value is -4.48. The van der Waals surface area contributed by atoms with Crippen molar-refractivity contribution in [3.63, 3.8) is 0 Å². The van der Waals surface area contributed by atoms with Crippen molar-refractivity contribution in [2.24, 2.45) is 5.18 Å². The van der Waals surface area contributed by atoms with Gasteiger partial charge in [-0.1, -0.05) is 57.0 Å². The number of aliphatic hydroxyl groups is 1. The molecule has 11 heteroatoms. The molecule has 2 amide bonds. The topological polar surface area (TPSA) is 120 Å². The van der Waals surface area contributed by atoms with Gasteiger partial charge >= 0.3 is 0 Å². The zero-order valence-electron chi connectivity index (χ0n) is 28.1. The van der Waals surface area contributed by atoms with Crippen molar-refractivity contribution < 1.29 is 14.7 Å². The van der Waals surface area contributed by atoms with Gasteiger partial charge in [-0.25, -0.2) is 4.68 Å². The van der Waals surface area contributed by atoms with Crippen LogP contribution in [0.1, 0.15) is 82.8 Å². The summed E-state index contributed by atoms with van der Waals surface area (Å²) >= 11 is 1.32. The Labute approximate surface area is 286 Å². The average molecular weight is 669 g/mol. The predicted octanol–water partition coefficient (Wildman–Crippen LogP) is 7.61. The summed E-state index contributed by atoms with van der Waals surface area (Å²) in [5, 5.41) is 18.2. The van der Waals surface area contributed by atoms with Gasteiger partial charge in [0.05, 0.1) is 23.9 Å². The van der Waals surface area contributed by atoms with Crippen LogP contribution in [0.5, 0.6) is 0 Å². The van der Waals surface area contributed by atoms with Crippen LogP contribution in [0, 0.1) is 18.8 Å². The summed E-state index contributed by atoms with van der Waals surface area (Å²) < 4.78 is 5.00. The van der Waals surface area contributed by atoms with E-state index in [0.29, 0.717) is 54.4 Å². The molecule has 48 heavy (non-hydrogen) atoms. The number of hydrogen-bond acceptors (Lipinski definition) is 8. The number of rotatable bonds is 14. The molecule has 5 rings (SSSR count). The lowest BCUT2D eigenvalue weighted by molar-refractivity contribution is 0.0544. The average Bonchev–Trinajstić information content (AvgIpc) is 3.51. The summed E-state index contributed by atoms with van der Waals surface area (Å²) in [6.07, 6.45) is 4.36. The quantitative estimate of drug-likeness (QED) is 0.105. The predicted molar refractivity (Wildman–Crippen MR) is 191 cm³/mol. The van der Waals surface area contributed by atoms with Crippen LogP contribution in [0.25, 0.3) is 5.69 Å². The highest BCUT2D eigenvalue weighted by molar-refractivity contribution is 8.00. The number of nitrogens with zero attached hydrogens (tertiary/aromatic N) is 5. The van der Waals surface area contributed by atoms with Crippen molar-refractivity contribution in [2.75, 3.05) is 24.4 Å². The molecule has 2 N–H and O–H groups in total. The summed E-state index contributed by atoms with van der Waals surface area (Å²) in [5.74, 6) is -0.359. The van der Waals surface area contributed by atoms with Gasteiger partial charge in [0.25, 0.3) is 11.8 Å². The molecule has 0 aliphatic carbocycles. The molecule has 0 saturated carbocycles. The van der Waals surface area contributed by atoms with Crippen LogP contribution in [-0.4, -0.2) is 62.2 Å². The molecule has 0 saturated heterocycles. The highest BCUT2D eigenvalue weighted by atomic mass is 32.2. The van der Waals surface area contributed by atoms with Gasteiger partial charge in [-0.05, 0) is 103 Å². The van der Waals surface area contributed by atoms with Crippen molar-refractivity contribution in [3.05, 3.63) is 105 Å². The summed E-state index contributed by atoms with van der Waals surface area (Å²) in [5.41, 5.74) is 6.14. The van der Waals surface area contributed by atoms with Crippen LogP contribution in [0.3, 0.4) is 0 Å². The summed E-state index contributed by atoms with van der Waals surface area (Å²) in [7, 11) is 0. The number of aromatic nitrogens is 2. The second kappa shape index (κ2) is 16.1. The highest BCUT2D eigenvalue weighted by Gasteiger charge is 2.32. The Balaban J connectivity index is 1.53. The van der Waals surface area contributed by atoms with Crippen LogP contribution >= 0.6 is 11.9 Å².